The topological polar surface area (TPSA) is 72.2 Å². The number of hydrogen-bond donors (Lipinski definition) is 2. The van der Waals surface area contributed by atoms with Crippen LogP contribution in [0.25, 0.3) is 0 Å². The van der Waals surface area contributed by atoms with Crippen LogP contribution in [0.5, 0.6) is 0 Å². The fourth-order valence-electron chi connectivity index (χ4n) is 1.71. The first kappa shape index (κ1) is 14.8. The van der Waals surface area contributed by atoms with E-state index in [4.69, 9.17) is 5.73 Å². The first-order valence-corrected chi connectivity index (χ1v) is 7.91. The molecule has 2 aromatic rings. The summed E-state index contributed by atoms with van der Waals surface area (Å²) in [5.41, 5.74) is 7.29. The average molecular weight is 359 g/mol. The molecule has 20 heavy (non-hydrogen) atoms. The van der Waals surface area contributed by atoms with E-state index in [1.54, 1.807) is 19.1 Å². The van der Waals surface area contributed by atoms with E-state index in [2.05, 4.69) is 20.7 Å². The van der Waals surface area contributed by atoms with Crippen LogP contribution in [0.2, 0.25) is 0 Å². The molecule has 0 saturated heterocycles. The minimum atomic E-state index is -3.78. The number of hydrogen-bond acceptors (Lipinski definition) is 3. The Bertz CT molecular complexity index is 722. The van der Waals surface area contributed by atoms with Crippen molar-refractivity contribution >= 4 is 37.3 Å². The van der Waals surface area contributed by atoms with Crippen LogP contribution in [0.3, 0.4) is 0 Å². The molecular weight excluding hydrogens is 347 g/mol. The van der Waals surface area contributed by atoms with Gasteiger partial charge >= 0.3 is 0 Å². The lowest BCUT2D eigenvalue weighted by atomic mass is 10.2. The summed E-state index contributed by atoms with van der Waals surface area (Å²) < 4.78 is 40.3. The molecule has 0 bridgehead atoms. The van der Waals surface area contributed by atoms with Crippen LogP contribution < -0.4 is 10.5 Å². The maximum atomic E-state index is 12.8. The fourth-order valence-corrected chi connectivity index (χ4v) is 3.67. The first-order valence-electron chi connectivity index (χ1n) is 5.63. The molecule has 0 fully saturated rings. The van der Waals surface area contributed by atoms with E-state index in [1.165, 1.54) is 12.1 Å². The van der Waals surface area contributed by atoms with Crippen molar-refractivity contribution in [3.63, 3.8) is 0 Å². The Morgan fingerprint density at radius 2 is 1.80 bits per heavy atom. The van der Waals surface area contributed by atoms with Gasteiger partial charge in [-0.25, -0.2) is 12.8 Å². The van der Waals surface area contributed by atoms with Crippen LogP contribution in [0.1, 0.15) is 5.56 Å². The van der Waals surface area contributed by atoms with Crippen LogP contribution in [0, 0.1) is 12.7 Å². The van der Waals surface area contributed by atoms with Gasteiger partial charge in [0, 0.05) is 10.2 Å². The van der Waals surface area contributed by atoms with Gasteiger partial charge in [0.25, 0.3) is 10.0 Å². The minimum Gasteiger partial charge on any atom is -0.399 e. The summed E-state index contributed by atoms with van der Waals surface area (Å²) in [4.78, 5) is -0.0120. The van der Waals surface area contributed by atoms with Gasteiger partial charge in [0.1, 0.15) is 5.82 Å². The van der Waals surface area contributed by atoms with Crippen LogP contribution in [0.15, 0.2) is 45.8 Å². The predicted molar refractivity (Wildman–Crippen MR) is 80.5 cm³/mol. The molecule has 0 amide bonds. The number of rotatable bonds is 3. The lowest BCUT2D eigenvalue weighted by Gasteiger charge is -2.13. The van der Waals surface area contributed by atoms with Crippen molar-refractivity contribution in [2.45, 2.75) is 11.8 Å². The molecule has 0 aliphatic heterocycles. The zero-order valence-electron chi connectivity index (χ0n) is 10.5. The van der Waals surface area contributed by atoms with E-state index < -0.39 is 15.8 Å². The number of nitrogens with two attached hydrogens (primary N) is 1. The summed E-state index contributed by atoms with van der Waals surface area (Å²) in [6, 6.07) is 7.87. The summed E-state index contributed by atoms with van der Waals surface area (Å²) >= 11 is 3.27. The van der Waals surface area contributed by atoms with Crippen LogP contribution in [0.4, 0.5) is 15.8 Å². The van der Waals surface area contributed by atoms with E-state index in [0.717, 1.165) is 12.1 Å². The van der Waals surface area contributed by atoms with Gasteiger partial charge in [0.15, 0.2) is 0 Å². The summed E-state index contributed by atoms with van der Waals surface area (Å²) in [5, 5.41) is 0. The quantitative estimate of drug-likeness (QED) is 0.827. The standard InChI is InChI=1S/C13H12BrFN2O2S/c1-8-6-10(16)7-12(14)13(8)17-20(18,19)11-4-2-9(15)3-5-11/h2-7,17H,16H2,1H3. The van der Waals surface area contributed by atoms with Gasteiger partial charge in [-0.15, -0.1) is 0 Å². The van der Waals surface area contributed by atoms with Gasteiger partial charge in [-0.1, -0.05) is 0 Å². The molecule has 7 heteroatoms. The zero-order valence-corrected chi connectivity index (χ0v) is 12.9. The molecule has 106 valence electrons. The molecule has 0 saturated carbocycles. The van der Waals surface area contributed by atoms with Crippen molar-refractivity contribution in [2.75, 3.05) is 10.5 Å². The Morgan fingerprint density at radius 3 is 2.35 bits per heavy atom. The number of nitrogens with one attached hydrogen (secondary N) is 1. The molecule has 0 atom stereocenters. The smallest absolute Gasteiger partial charge is 0.261 e. The summed E-state index contributed by atoms with van der Waals surface area (Å²) in [6.45, 7) is 1.74. The van der Waals surface area contributed by atoms with Crippen molar-refractivity contribution in [3.05, 3.63) is 52.3 Å². The van der Waals surface area contributed by atoms with E-state index >= 15 is 0 Å². The van der Waals surface area contributed by atoms with E-state index in [0.29, 0.717) is 21.4 Å². The number of anilines is 2. The molecule has 0 aliphatic carbocycles. The molecule has 3 N–H and O–H groups in total. The Morgan fingerprint density at radius 1 is 1.20 bits per heavy atom. The lowest BCUT2D eigenvalue weighted by molar-refractivity contribution is 0.599. The molecule has 0 heterocycles. The van der Waals surface area contributed by atoms with Gasteiger partial charge in [0.05, 0.1) is 10.6 Å². The van der Waals surface area contributed by atoms with E-state index in [9.17, 15) is 12.8 Å². The molecule has 0 aliphatic rings. The zero-order chi connectivity index (χ0) is 14.9. The largest absolute Gasteiger partial charge is 0.399 e. The minimum absolute atomic E-state index is 0.0120. The van der Waals surface area contributed by atoms with Gasteiger partial charge < -0.3 is 5.73 Å². The van der Waals surface area contributed by atoms with Crippen LogP contribution in [-0.4, -0.2) is 8.42 Å². The second-order valence-electron chi connectivity index (χ2n) is 4.25. The Balaban J connectivity index is 2.41. The molecule has 0 radical (unpaired) electrons. The van der Waals surface area contributed by atoms with Crippen molar-refractivity contribution < 1.29 is 12.8 Å². The Labute approximate surface area is 125 Å². The summed E-state index contributed by atoms with van der Waals surface area (Å²) in [7, 11) is -3.78. The number of nitrogen functional groups attached to an aromatic ring is 1. The Kier molecular flexibility index (Phi) is 4.01. The third-order valence-electron chi connectivity index (χ3n) is 2.67. The predicted octanol–water partition coefficient (Wildman–Crippen LogP) is 3.28. The molecule has 4 nitrogen and oxygen atoms in total. The number of halogens is 2. The highest BCUT2D eigenvalue weighted by atomic mass is 79.9. The van der Waals surface area contributed by atoms with Crippen LogP contribution in [-0.2, 0) is 10.0 Å². The second-order valence-corrected chi connectivity index (χ2v) is 6.79. The van der Waals surface area contributed by atoms with Gasteiger partial charge in [-0.2, -0.15) is 0 Å². The number of sulfonamides is 1. The third kappa shape index (κ3) is 3.10. The SMILES string of the molecule is Cc1cc(N)cc(Br)c1NS(=O)(=O)c1ccc(F)cc1. The highest BCUT2D eigenvalue weighted by Gasteiger charge is 2.17. The Hall–Kier alpha value is -1.60. The van der Waals surface area contributed by atoms with Crippen molar-refractivity contribution in [1.82, 2.24) is 0 Å². The monoisotopic (exact) mass is 358 g/mol. The maximum Gasteiger partial charge on any atom is 0.261 e. The molecule has 0 unspecified atom stereocenters. The van der Waals surface area contributed by atoms with Crippen LogP contribution >= 0.6 is 15.9 Å². The van der Waals surface area contributed by atoms with Gasteiger partial charge in [0.2, 0.25) is 0 Å². The maximum absolute atomic E-state index is 12.8. The third-order valence-corrected chi connectivity index (χ3v) is 4.66. The average Bonchev–Trinajstić information content (AvgIpc) is 2.34. The highest BCUT2D eigenvalue weighted by molar-refractivity contribution is 9.10. The first-order chi connectivity index (χ1) is 9.29. The summed E-state index contributed by atoms with van der Waals surface area (Å²) in [6.07, 6.45) is 0. The number of benzene rings is 2. The van der Waals surface area contributed by atoms with Gasteiger partial charge in [-0.3, -0.25) is 4.72 Å². The molecule has 2 aromatic carbocycles. The molecule has 0 aromatic heterocycles. The highest BCUT2D eigenvalue weighted by Crippen LogP contribution is 2.30. The second kappa shape index (κ2) is 5.41. The molecular formula is C13H12BrFN2O2S. The normalized spacial score (nSPS) is 11.3. The van der Waals surface area contributed by atoms with E-state index in [-0.39, 0.29) is 4.90 Å². The molecule has 0 spiro atoms. The van der Waals surface area contributed by atoms with Gasteiger partial charge in [-0.05, 0) is 64.8 Å². The fraction of sp³-hybridized carbons (Fsp3) is 0.0769. The lowest BCUT2D eigenvalue weighted by Crippen LogP contribution is -2.14. The summed E-state index contributed by atoms with van der Waals surface area (Å²) in [5.74, 6) is -0.492. The molecule has 2 rings (SSSR count). The van der Waals surface area contributed by atoms with Crippen molar-refractivity contribution in [3.8, 4) is 0 Å². The number of aryl methyl sites for hydroxylation is 1. The van der Waals surface area contributed by atoms with E-state index in [1.807, 2.05) is 0 Å². The van der Waals surface area contributed by atoms with Crippen molar-refractivity contribution in [1.29, 1.82) is 0 Å². The van der Waals surface area contributed by atoms with Crippen molar-refractivity contribution in [2.24, 2.45) is 0 Å².